The third kappa shape index (κ3) is 2.11. The first-order valence-electron chi connectivity index (χ1n) is 6.08. The predicted molar refractivity (Wildman–Crippen MR) is 66.3 cm³/mol. The van der Waals surface area contributed by atoms with Gasteiger partial charge >= 0.3 is 5.72 Å². The highest BCUT2D eigenvalue weighted by molar-refractivity contribution is 5.25. The molecule has 9 nitrogen and oxygen atoms in total. The van der Waals surface area contributed by atoms with Crippen LogP contribution in [0.25, 0.3) is 0 Å². The molecule has 0 saturated carbocycles. The van der Waals surface area contributed by atoms with Crippen molar-refractivity contribution in [3.8, 4) is 0 Å². The first-order chi connectivity index (χ1) is 9.79. The van der Waals surface area contributed by atoms with E-state index in [1.807, 2.05) is 0 Å². The molecule has 0 radical (unpaired) electrons. The van der Waals surface area contributed by atoms with E-state index in [2.05, 4.69) is 0 Å². The van der Waals surface area contributed by atoms with Gasteiger partial charge in [0, 0.05) is 5.56 Å². The number of nitro groups is 1. The molecule has 1 heterocycles. The van der Waals surface area contributed by atoms with E-state index >= 15 is 0 Å². The van der Waals surface area contributed by atoms with E-state index in [1.165, 1.54) is 24.3 Å². The van der Waals surface area contributed by atoms with Crippen LogP contribution in [0.4, 0.5) is 0 Å². The summed E-state index contributed by atoms with van der Waals surface area (Å²) in [4.78, 5) is 9.87. The lowest BCUT2D eigenvalue weighted by atomic mass is 9.83. The van der Waals surface area contributed by atoms with Gasteiger partial charge in [0.1, 0.15) is 12.2 Å². The van der Waals surface area contributed by atoms with Crippen molar-refractivity contribution in [2.45, 2.75) is 29.8 Å². The number of aliphatic hydroxyl groups is 5. The van der Waals surface area contributed by atoms with Crippen LogP contribution in [0.5, 0.6) is 0 Å². The van der Waals surface area contributed by atoms with Crippen molar-refractivity contribution >= 4 is 0 Å². The maximum atomic E-state index is 11.2. The summed E-state index contributed by atoms with van der Waals surface area (Å²) in [6.07, 6.45) is -5.83. The average Bonchev–Trinajstić information content (AvgIpc) is 2.49. The Labute approximate surface area is 118 Å². The SMILES string of the molecule is O=[N+]([O-])[C@]1(O)[C@@H](O)[C@H](O)[C@@H](CO)O[C@@]1(O)c1ccccc1. The molecule has 0 unspecified atom stereocenters. The molecule has 0 aliphatic carbocycles. The molecule has 0 amide bonds. The van der Waals surface area contributed by atoms with Crippen LogP contribution >= 0.6 is 0 Å². The molecule has 1 aliphatic rings. The third-order valence-corrected chi connectivity index (χ3v) is 3.56. The Morgan fingerprint density at radius 2 is 1.81 bits per heavy atom. The molecule has 1 aromatic rings. The molecule has 0 bridgehead atoms. The normalized spacial score (nSPS) is 40.0. The molecule has 0 aromatic heterocycles. The van der Waals surface area contributed by atoms with Gasteiger partial charge in [0.15, 0.2) is 6.10 Å². The Morgan fingerprint density at radius 3 is 2.29 bits per heavy atom. The van der Waals surface area contributed by atoms with E-state index in [0.29, 0.717) is 0 Å². The van der Waals surface area contributed by atoms with Crippen molar-refractivity contribution < 1.29 is 35.2 Å². The van der Waals surface area contributed by atoms with Gasteiger partial charge in [-0.1, -0.05) is 30.3 Å². The fraction of sp³-hybridized carbons (Fsp3) is 0.500. The van der Waals surface area contributed by atoms with Crippen LogP contribution < -0.4 is 0 Å². The number of benzene rings is 1. The summed E-state index contributed by atoms with van der Waals surface area (Å²) in [5.74, 6) is -2.94. The monoisotopic (exact) mass is 301 g/mol. The largest absolute Gasteiger partial charge is 0.409 e. The number of hydrogen-bond donors (Lipinski definition) is 5. The van der Waals surface area contributed by atoms with E-state index in [0.717, 1.165) is 0 Å². The van der Waals surface area contributed by atoms with Crippen molar-refractivity contribution in [1.29, 1.82) is 0 Å². The summed E-state index contributed by atoms with van der Waals surface area (Å²) in [5, 5.41) is 60.6. The molecule has 0 spiro atoms. The highest BCUT2D eigenvalue weighted by atomic mass is 16.7. The van der Waals surface area contributed by atoms with E-state index in [-0.39, 0.29) is 5.56 Å². The van der Waals surface area contributed by atoms with Gasteiger partial charge in [-0.15, -0.1) is 0 Å². The zero-order chi connectivity index (χ0) is 15.8. The lowest BCUT2D eigenvalue weighted by Crippen LogP contribution is -2.74. The molecule has 1 aliphatic heterocycles. The van der Waals surface area contributed by atoms with Crippen LogP contribution in [-0.2, 0) is 10.5 Å². The van der Waals surface area contributed by atoms with Crippen LogP contribution in [0.15, 0.2) is 30.3 Å². The van der Waals surface area contributed by atoms with Gasteiger partial charge < -0.3 is 30.3 Å². The Hall–Kier alpha value is -1.62. The minimum atomic E-state index is -3.40. The number of aliphatic hydroxyl groups excluding tert-OH is 3. The van der Waals surface area contributed by atoms with E-state index < -0.39 is 41.4 Å². The van der Waals surface area contributed by atoms with Crippen LogP contribution in [-0.4, -0.2) is 61.1 Å². The van der Waals surface area contributed by atoms with Crippen molar-refractivity contribution in [3.05, 3.63) is 46.0 Å². The van der Waals surface area contributed by atoms with E-state index in [4.69, 9.17) is 9.84 Å². The summed E-state index contributed by atoms with van der Waals surface area (Å²) in [7, 11) is 0. The Kier molecular flexibility index (Phi) is 3.97. The summed E-state index contributed by atoms with van der Waals surface area (Å²) in [6, 6.07) is 6.92. The first kappa shape index (κ1) is 15.8. The summed E-state index contributed by atoms with van der Waals surface area (Å²) >= 11 is 0. The van der Waals surface area contributed by atoms with Crippen LogP contribution in [0.3, 0.4) is 0 Å². The molecule has 5 atom stereocenters. The quantitative estimate of drug-likeness (QED) is 0.242. The predicted octanol–water partition coefficient (Wildman–Crippen LogP) is -2.09. The Balaban J connectivity index is 2.61. The van der Waals surface area contributed by atoms with Gasteiger partial charge in [0.25, 0.3) is 5.79 Å². The Morgan fingerprint density at radius 1 is 1.24 bits per heavy atom. The maximum Gasteiger partial charge on any atom is 0.409 e. The van der Waals surface area contributed by atoms with Gasteiger partial charge in [-0.25, -0.2) is 0 Å². The average molecular weight is 301 g/mol. The van der Waals surface area contributed by atoms with Gasteiger partial charge in [-0.05, 0) is 0 Å². The summed E-state index contributed by atoms with van der Waals surface area (Å²) in [6.45, 7) is -0.818. The zero-order valence-electron chi connectivity index (χ0n) is 10.7. The number of hydrogen-bond acceptors (Lipinski definition) is 8. The standard InChI is InChI=1S/C12H15NO8/c14-6-8-9(15)10(16)11(17,13(19)20)12(18,21-8)7-4-2-1-3-5-7/h1-5,8-10,14-18H,6H2/t8-,9-,10+,11+,12+/m1/s1. The fourth-order valence-electron chi connectivity index (χ4n) is 2.34. The van der Waals surface area contributed by atoms with Gasteiger partial charge in [-0.3, -0.25) is 10.1 Å². The minimum Gasteiger partial charge on any atom is -0.394 e. The highest BCUT2D eigenvalue weighted by Gasteiger charge is 2.73. The molecule has 1 saturated heterocycles. The highest BCUT2D eigenvalue weighted by Crippen LogP contribution is 2.43. The molecule has 1 fully saturated rings. The fourth-order valence-corrected chi connectivity index (χ4v) is 2.34. The third-order valence-electron chi connectivity index (χ3n) is 3.56. The number of ether oxygens (including phenoxy) is 1. The van der Waals surface area contributed by atoms with E-state index in [9.17, 15) is 30.5 Å². The first-order valence-corrected chi connectivity index (χ1v) is 6.08. The lowest BCUT2D eigenvalue weighted by Gasteiger charge is -2.46. The van der Waals surface area contributed by atoms with E-state index in [1.54, 1.807) is 6.07 Å². The number of rotatable bonds is 3. The molecular weight excluding hydrogens is 286 g/mol. The second-order valence-electron chi connectivity index (χ2n) is 4.77. The van der Waals surface area contributed by atoms with Crippen LogP contribution in [0, 0.1) is 10.1 Å². The van der Waals surface area contributed by atoms with Gasteiger partial charge in [0.2, 0.25) is 0 Å². The smallest absolute Gasteiger partial charge is 0.394 e. The lowest BCUT2D eigenvalue weighted by molar-refractivity contribution is -0.698. The van der Waals surface area contributed by atoms with Crippen molar-refractivity contribution in [1.82, 2.24) is 0 Å². The molecule has 2 rings (SSSR count). The molecule has 9 heteroatoms. The van der Waals surface area contributed by atoms with Crippen molar-refractivity contribution in [2.75, 3.05) is 6.61 Å². The summed E-state index contributed by atoms with van der Waals surface area (Å²) < 4.78 is 4.97. The summed E-state index contributed by atoms with van der Waals surface area (Å²) in [5.41, 5.74) is -3.60. The second-order valence-corrected chi connectivity index (χ2v) is 4.77. The van der Waals surface area contributed by atoms with Crippen LogP contribution in [0.1, 0.15) is 5.56 Å². The molecule has 1 aromatic carbocycles. The minimum absolute atomic E-state index is 0.200. The number of nitrogens with zero attached hydrogens (tertiary/aromatic N) is 1. The maximum absolute atomic E-state index is 11.2. The Bertz CT molecular complexity index is 525. The van der Waals surface area contributed by atoms with Gasteiger partial charge in [-0.2, -0.15) is 0 Å². The molecule has 5 N–H and O–H groups in total. The van der Waals surface area contributed by atoms with Gasteiger partial charge in [0.05, 0.1) is 11.5 Å². The zero-order valence-corrected chi connectivity index (χ0v) is 10.7. The van der Waals surface area contributed by atoms with Crippen molar-refractivity contribution in [3.63, 3.8) is 0 Å². The topological polar surface area (TPSA) is 154 Å². The molecular formula is C12H15NO8. The van der Waals surface area contributed by atoms with Crippen LogP contribution in [0.2, 0.25) is 0 Å². The molecule has 21 heavy (non-hydrogen) atoms. The second kappa shape index (κ2) is 5.30. The van der Waals surface area contributed by atoms with Crippen molar-refractivity contribution in [2.24, 2.45) is 0 Å². The molecule has 116 valence electrons.